The van der Waals surface area contributed by atoms with Crippen molar-refractivity contribution < 1.29 is 4.74 Å². The number of pyridine rings is 1. The maximum absolute atomic E-state index is 6.66. The van der Waals surface area contributed by atoms with E-state index in [4.69, 9.17) is 9.72 Å². The Kier molecular flexibility index (Phi) is 5.17. The highest BCUT2D eigenvalue weighted by molar-refractivity contribution is 6.00. The molecule has 1 aliphatic carbocycles. The van der Waals surface area contributed by atoms with Crippen molar-refractivity contribution in [3.05, 3.63) is 145 Å². The van der Waals surface area contributed by atoms with Crippen LogP contribution in [0.2, 0.25) is 0 Å². The van der Waals surface area contributed by atoms with Gasteiger partial charge in [0.15, 0.2) is 11.5 Å². The lowest BCUT2D eigenvalue weighted by molar-refractivity contribution is 0.477. The van der Waals surface area contributed by atoms with Gasteiger partial charge >= 0.3 is 0 Å². The summed E-state index contributed by atoms with van der Waals surface area (Å²) in [6, 6.07) is 46.7. The van der Waals surface area contributed by atoms with Crippen molar-refractivity contribution in [3.63, 3.8) is 0 Å². The van der Waals surface area contributed by atoms with E-state index in [1.54, 1.807) is 0 Å². The van der Waals surface area contributed by atoms with Gasteiger partial charge in [0.1, 0.15) is 0 Å². The van der Waals surface area contributed by atoms with Crippen LogP contribution in [-0.4, -0.2) is 4.98 Å². The zero-order valence-electron chi connectivity index (χ0n) is 23.0. The molecule has 2 aliphatic rings. The van der Waals surface area contributed by atoms with Crippen LogP contribution in [0, 0.1) is 0 Å². The highest BCUT2D eigenvalue weighted by Gasteiger charge is 2.40. The van der Waals surface area contributed by atoms with Gasteiger partial charge in [-0.3, -0.25) is 0 Å². The predicted molar refractivity (Wildman–Crippen MR) is 167 cm³/mol. The molecule has 8 rings (SSSR count). The third-order valence-corrected chi connectivity index (χ3v) is 8.46. The third-order valence-electron chi connectivity index (χ3n) is 8.46. The van der Waals surface area contributed by atoms with Crippen LogP contribution in [0.15, 0.2) is 133 Å². The minimum Gasteiger partial charge on any atom is -0.453 e. The van der Waals surface area contributed by atoms with Crippen molar-refractivity contribution in [2.45, 2.75) is 19.3 Å². The largest absolute Gasteiger partial charge is 0.453 e. The lowest BCUT2D eigenvalue weighted by Crippen LogP contribution is -2.19. The molecule has 196 valence electrons. The van der Waals surface area contributed by atoms with Gasteiger partial charge in [-0.05, 0) is 65.2 Å². The fourth-order valence-corrected chi connectivity index (χ4v) is 6.45. The van der Waals surface area contributed by atoms with Gasteiger partial charge in [-0.15, -0.1) is 0 Å². The van der Waals surface area contributed by atoms with E-state index in [9.17, 15) is 0 Å². The van der Waals surface area contributed by atoms with Crippen LogP contribution in [0.1, 0.15) is 25.0 Å². The first kappa shape index (κ1) is 23.7. The summed E-state index contributed by atoms with van der Waals surface area (Å²) in [4.78, 5) is 7.42. The summed E-state index contributed by atoms with van der Waals surface area (Å²) in [5.74, 6) is 1.69. The Morgan fingerprint density at radius 1 is 0.585 bits per heavy atom. The zero-order chi connectivity index (χ0) is 27.6. The summed E-state index contributed by atoms with van der Waals surface area (Å²) in [5, 5.41) is 0. The van der Waals surface area contributed by atoms with Gasteiger partial charge < -0.3 is 9.64 Å². The first-order chi connectivity index (χ1) is 20.1. The molecule has 2 heterocycles. The minimum absolute atomic E-state index is 0.104. The van der Waals surface area contributed by atoms with Crippen molar-refractivity contribution in [1.82, 2.24) is 4.98 Å². The van der Waals surface area contributed by atoms with Gasteiger partial charge in [0, 0.05) is 27.8 Å². The first-order valence-corrected chi connectivity index (χ1v) is 14.1. The van der Waals surface area contributed by atoms with Crippen LogP contribution in [0.5, 0.6) is 11.5 Å². The van der Waals surface area contributed by atoms with Crippen LogP contribution < -0.4 is 9.64 Å². The summed E-state index contributed by atoms with van der Waals surface area (Å²) in [6.07, 6.45) is 0. The van der Waals surface area contributed by atoms with Crippen LogP contribution in [0.4, 0.5) is 17.1 Å². The summed E-state index contributed by atoms with van der Waals surface area (Å²) in [5.41, 5.74) is 12.3. The van der Waals surface area contributed by atoms with Crippen LogP contribution in [0.25, 0.3) is 33.6 Å². The van der Waals surface area contributed by atoms with Gasteiger partial charge in [-0.25, -0.2) is 4.98 Å². The Morgan fingerprint density at radius 2 is 1.27 bits per heavy atom. The minimum atomic E-state index is -0.104. The maximum Gasteiger partial charge on any atom is 0.152 e. The predicted octanol–water partition coefficient (Wildman–Crippen LogP) is 10.3. The molecule has 0 radical (unpaired) electrons. The molecule has 5 aromatic carbocycles. The summed E-state index contributed by atoms with van der Waals surface area (Å²) in [7, 11) is 0. The third kappa shape index (κ3) is 3.63. The first-order valence-electron chi connectivity index (χ1n) is 14.1. The molecule has 0 fully saturated rings. The Balaban J connectivity index is 1.35. The van der Waals surface area contributed by atoms with E-state index < -0.39 is 0 Å². The van der Waals surface area contributed by atoms with E-state index in [2.05, 4.69) is 134 Å². The molecule has 0 saturated carbocycles. The molecule has 6 aromatic rings. The Labute approximate surface area is 240 Å². The van der Waals surface area contributed by atoms with Crippen molar-refractivity contribution >= 4 is 17.1 Å². The molecule has 3 heteroatoms. The van der Waals surface area contributed by atoms with Crippen LogP contribution >= 0.6 is 0 Å². The summed E-state index contributed by atoms with van der Waals surface area (Å²) >= 11 is 0. The molecule has 1 aromatic heterocycles. The van der Waals surface area contributed by atoms with Gasteiger partial charge in [-0.2, -0.15) is 0 Å². The van der Waals surface area contributed by atoms with Gasteiger partial charge in [0.25, 0.3) is 0 Å². The van der Waals surface area contributed by atoms with E-state index in [0.717, 1.165) is 51.1 Å². The molecule has 0 amide bonds. The number of hydrogen-bond donors (Lipinski definition) is 0. The molecule has 41 heavy (non-hydrogen) atoms. The van der Waals surface area contributed by atoms with Crippen molar-refractivity contribution in [2.24, 2.45) is 0 Å². The lowest BCUT2D eigenvalue weighted by Gasteiger charge is -2.35. The SMILES string of the molecule is CC1(C)c2ccccc2-c2c1ccc1c2N(c2ccccc2)c2cc(-c3cccc(-c4ccccc4)n3)ccc2O1. The van der Waals surface area contributed by atoms with Crippen molar-refractivity contribution in [3.8, 4) is 45.1 Å². The average molecular weight is 529 g/mol. The number of nitrogens with zero attached hydrogens (tertiary/aromatic N) is 2. The molecule has 0 N–H and O–H groups in total. The highest BCUT2D eigenvalue weighted by Crippen LogP contribution is 2.60. The second-order valence-electron chi connectivity index (χ2n) is 11.2. The van der Waals surface area contributed by atoms with Gasteiger partial charge in [0.2, 0.25) is 0 Å². The number of rotatable bonds is 3. The fraction of sp³-hybridized carbons (Fsp3) is 0.0789. The Hall–Kier alpha value is -5.15. The normalized spacial score (nSPS) is 14.0. The molecule has 0 atom stereocenters. The Bertz CT molecular complexity index is 1940. The molecular weight excluding hydrogens is 500 g/mol. The quantitative estimate of drug-likeness (QED) is 0.228. The molecule has 1 aliphatic heterocycles. The number of benzene rings is 5. The van der Waals surface area contributed by atoms with Crippen LogP contribution in [0.3, 0.4) is 0 Å². The molecule has 0 saturated heterocycles. The summed E-state index contributed by atoms with van der Waals surface area (Å²) < 4.78 is 6.66. The lowest BCUT2D eigenvalue weighted by atomic mass is 9.82. The molecule has 0 unspecified atom stereocenters. The number of ether oxygens (including phenoxy) is 1. The Morgan fingerprint density at radius 3 is 2.07 bits per heavy atom. The highest BCUT2D eigenvalue weighted by atomic mass is 16.5. The monoisotopic (exact) mass is 528 g/mol. The molecular formula is C38H28N2O. The number of aromatic nitrogens is 1. The number of hydrogen-bond acceptors (Lipinski definition) is 3. The van der Waals surface area contributed by atoms with Crippen molar-refractivity contribution in [1.29, 1.82) is 0 Å². The van der Waals surface area contributed by atoms with Gasteiger partial charge in [0.05, 0.1) is 22.8 Å². The second-order valence-corrected chi connectivity index (χ2v) is 11.2. The number of anilines is 3. The molecule has 3 nitrogen and oxygen atoms in total. The second kappa shape index (κ2) is 8.94. The van der Waals surface area contributed by atoms with E-state index in [0.29, 0.717) is 0 Å². The standard InChI is InChI=1S/C38H28N2O/c1-38(2)29-17-10-9-16-28(29)36-30(38)21-23-35-37(36)40(27-14-7-4-8-15-27)33-24-26(20-22-34(33)41-35)32-19-11-18-31(39-32)25-12-5-3-6-13-25/h3-24H,1-2H3. The average Bonchev–Trinajstić information content (AvgIpc) is 3.27. The summed E-state index contributed by atoms with van der Waals surface area (Å²) in [6.45, 7) is 4.64. The van der Waals surface area contributed by atoms with Crippen LogP contribution in [-0.2, 0) is 5.41 Å². The van der Waals surface area contributed by atoms with E-state index >= 15 is 0 Å². The number of fused-ring (bicyclic) bond motifs is 6. The fourth-order valence-electron chi connectivity index (χ4n) is 6.45. The van der Waals surface area contributed by atoms with E-state index in [-0.39, 0.29) is 5.41 Å². The zero-order valence-corrected chi connectivity index (χ0v) is 23.0. The molecule has 0 spiro atoms. The van der Waals surface area contributed by atoms with E-state index in [1.165, 1.54) is 22.3 Å². The maximum atomic E-state index is 6.66. The van der Waals surface area contributed by atoms with Gasteiger partial charge in [-0.1, -0.05) is 98.8 Å². The topological polar surface area (TPSA) is 25.4 Å². The van der Waals surface area contributed by atoms with Crippen molar-refractivity contribution in [2.75, 3.05) is 4.90 Å². The van der Waals surface area contributed by atoms with E-state index in [1.807, 2.05) is 18.2 Å². The smallest absolute Gasteiger partial charge is 0.152 e. The molecule has 0 bridgehead atoms. The number of para-hydroxylation sites is 1.